The molecule has 3 nitrogen and oxygen atoms in total. The Labute approximate surface area is 111 Å². The predicted molar refractivity (Wildman–Crippen MR) is 75.1 cm³/mol. The summed E-state index contributed by atoms with van der Waals surface area (Å²) in [6, 6.07) is 17.0. The van der Waals surface area contributed by atoms with Gasteiger partial charge in [-0.3, -0.25) is 5.43 Å². The Bertz CT molecular complexity index is 541. The number of benzene rings is 2. The molecule has 1 N–H and O–H groups in total. The molecule has 0 aliphatic heterocycles. The molecule has 0 spiro atoms. The Morgan fingerprint density at radius 1 is 1.11 bits per heavy atom. The molecule has 0 heterocycles. The Kier molecular flexibility index (Phi) is 4.20. The average Bonchev–Trinajstić information content (AvgIpc) is 2.41. The molecule has 0 saturated heterocycles. The molecule has 2 aromatic rings. The number of methoxy groups -OCH3 is 1. The Hall–Kier alpha value is -2.00. The smallest absolute Gasteiger partial charge is 0.238 e. The summed E-state index contributed by atoms with van der Waals surface area (Å²) in [4.78, 5) is 0. The molecule has 0 atom stereocenters. The summed E-state index contributed by atoms with van der Waals surface area (Å²) >= 11 is 5.89. The predicted octanol–water partition coefficient (Wildman–Crippen LogP) is 3.76. The van der Waals surface area contributed by atoms with Gasteiger partial charge < -0.3 is 4.74 Å². The first-order valence-electron chi connectivity index (χ1n) is 5.48. The highest BCUT2D eigenvalue weighted by Gasteiger charge is 2.01. The van der Waals surface area contributed by atoms with Crippen molar-refractivity contribution in [3.63, 3.8) is 0 Å². The summed E-state index contributed by atoms with van der Waals surface area (Å²) < 4.78 is 5.24. The van der Waals surface area contributed by atoms with Crippen molar-refractivity contribution in [3.8, 4) is 0 Å². The van der Waals surface area contributed by atoms with Crippen molar-refractivity contribution in [2.45, 2.75) is 0 Å². The number of hydrogen-bond acceptors (Lipinski definition) is 3. The second-order valence-corrected chi connectivity index (χ2v) is 4.05. The first kappa shape index (κ1) is 12.5. The zero-order valence-corrected chi connectivity index (χ0v) is 10.7. The minimum absolute atomic E-state index is 0.524. The fourth-order valence-corrected chi connectivity index (χ4v) is 1.67. The van der Waals surface area contributed by atoms with Gasteiger partial charge in [-0.05, 0) is 30.3 Å². The van der Waals surface area contributed by atoms with Crippen LogP contribution in [-0.2, 0) is 4.74 Å². The van der Waals surface area contributed by atoms with Gasteiger partial charge >= 0.3 is 0 Å². The number of hydrogen-bond donors (Lipinski definition) is 1. The van der Waals surface area contributed by atoms with E-state index in [1.165, 1.54) is 0 Å². The maximum atomic E-state index is 5.89. The highest BCUT2D eigenvalue weighted by atomic mass is 35.5. The maximum absolute atomic E-state index is 5.89. The fraction of sp³-hybridized carbons (Fsp3) is 0.0714. The van der Waals surface area contributed by atoms with E-state index in [4.69, 9.17) is 16.3 Å². The number of nitrogens with one attached hydrogen (secondary N) is 1. The molecule has 0 radical (unpaired) electrons. The third-order valence-electron chi connectivity index (χ3n) is 2.33. The summed E-state index contributed by atoms with van der Waals surface area (Å²) in [5, 5.41) is 4.87. The molecule has 92 valence electrons. The van der Waals surface area contributed by atoms with Crippen LogP contribution in [0, 0.1) is 0 Å². The normalized spacial score (nSPS) is 11.1. The third-order valence-corrected chi connectivity index (χ3v) is 2.56. The second-order valence-electron chi connectivity index (χ2n) is 3.61. The third kappa shape index (κ3) is 3.25. The lowest BCUT2D eigenvalue weighted by molar-refractivity contribution is 0.404. The molecule has 0 unspecified atom stereocenters. The molecule has 4 heteroatoms. The topological polar surface area (TPSA) is 33.6 Å². The van der Waals surface area contributed by atoms with Crippen LogP contribution in [0.2, 0.25) is 5.02 Å². The van der Waals surface area contributed by atoms with Gasteiger partial charge in [0, 0.05) is 10.6 Å². The molecule has 0 fully saturated rings. The standard InChI is InChI=1S/C14H13ClN2O/c1-18-14(11-6-3-2-4-7-11)17-16-13-9-5-8-12(15)10-13/h2-10,16H,1H3/b17-14-. The molecule has 2 rings (SSSR count). The van der Waals surface area contributed by atoms with Gasteiger partial charge in [0.15, 0.2) is 0 Å². The summed E-state index contributed by atoms with van der Waals surface area (Å²) in [5.41, 5.74) is 4.64. The van der Waals surface area contributed by atoms with Crippen molar-refractivity contribution in [1.82, 2.24) is 0 Å². The Balaban J connectivity index is 2.16. The Morgan fingerprint density at radius 2 is 1.89 bits per heavy atom. The van der Waals surface area contributed by atoms with Gasteiger partial charge in [-0.15, -0.1) is 5.10 Å². The summed E-state index contributed by atoms with van der Waals surface area (Å²) in [5.74, 6) is 0.524. The van der Waals surface area contributed by atoms with E-state index in [1.807, 2.05) is 48.5 Å². The van der Waals surface area contributed by atoms with Gasteiger partial charge in [-0.1, -0.05) is 35.9 Å². The second kappa shape index (κ2) is 6.07. The van der Waals surface area contributed by atoms with Crippen LogP contribution in [0.1, 0.15) is 5.56 Å². The van der Waals surface area contributed by atoms with Gasteiger partial charge in [-0.25, -0.2) is 0 Å². The lowest BCUT2D eigenvalue weighted by Gasteiger charge is -2.06. The van der Waals surface area contributed by atoms with Gasteiger partial charge in [0.05, 0.1) is 12.8 Å². The van der Waals surface area contributed by atoms with E-state index in [0.29, 0.717) is 10.9 Å². The molecule has 0 aliphatic carbocycles. The molecule has 0 amide bonds. The van der Waals surface area contributed by atoms with E-state index >= 15 is 0 Å². The SMILES string of the molecule is CO/C(=N\Nc1cccc(Cl)c1)c1ccccc1. The molecule has 0 aliphatic rings. The summed E-state index contributed by atoms with van der Waals surface area (Å²) in [6.45, 7) is 0. The van der Waals surface area contributed by atoms with Crippen LogP contribution in [0.4, 0.5) is 5.69 Å². The summed E-state index contributed by atoms with van der Waals surface area (Å²) in [7, 11) is 1.59. The van der Waals surface area contributed by atoms with Crippen LogP contribution >= 0.6 is 11.6 Å². The van der Waals surface area contributed by atoms with Crippen LogP contribution in [0.15, 0.2) is 59.7 Å². The average molecular weight is 261 g/mol. The molecule has 2 aromatic carbocycles. The Morgan fingerprint density at radius 3 is 2.56 bits per heavy atom. The zero-order valence-electron chi connectivity index (χ0n) is 9.93. The number of hydrazone groups is 1. The van der Waals surface area contributed by atoms with Crippen molar-refractivity contribution in [2.75, 3.05) is 12.5 Å². The van der Waals surface area contributed by atoms with Crippen LogP contribution in [-0.4, -0.2) is 13.0 Å². The van der Waals surface area contributed by atoms with Crippen molar-refractivity contribution in [1.29, 1.82) is 0 Å². The zero-order chi connectivity index (χ0) is 12.8. The summed E-state index contributed by atoms with van der Waals surface area (Å²) in [6.07, 6.45) is 0. The molecular weight excluding hydrogens is 248 g/mol. The largest absolute Gasteiger partial charge is 0.480 e. The van der Waals surface area contributed by atoms with E-state index in [0.717, 1.165) is 11.3 Å². The number of ether oxygens (including phenoxy) is 1. The van der Waals surface area contributed by atoms with Gasteiger partial charge in [0.25, 0.3) is 0 Å². The van der Waals surface area contributed by atoms with Gasteiger partial charge in [0.2, 0.25) is 5.90 Å². The fourth-order valence-electron chi connectivity index (χ4n) is 1.48. The number of halogens is 1. The molecular formula is C14H13ClN2O. The number of rotatable bonds is 3. The lowest BCUT2D eigenvalue weighted by Crippen LogP contribution is -2.06. The minimum atomic E-state index is 0.524. The van der Waals surface area contributed by atoms with Gasteiger partial charge in [0.1, 0.15) is 0 Å². The quantitative estimate of drug-likeness (QED) is 0.518. The van der Waals surface area contributed by atoms with Crippen molar-refractivity contribution in [2.24, 2.45) is 5.10 Å². The van der Waals surface area contributed by atoms with E-state index in [2.05, 4.69) is 10.5 Å². The van der Waals surface area contributed by atoms with E-state index < -0.39 is 0 Å². The van der Waals surface area contributed by atoms with E-state index in [9.17, 15) is 0 Å². The highest BCUT2D eigenvalue weighted by molar-refractivity contribution is 6.30. The van der Waals surface area contributed by atoms with Crippen molar-refractivity contribution < 1.29 is 4.74 Å². The van der Waals surface area contributed by atoms with Crippen molar-refractivity contribution >= 4 is 23.2 Å². The maximum Gasteiger partial charge on any atom is 0.238 e. The van der Waals surface area contributed by atoms with Crippen LogP contribution in [0.3, 0.4) is 0 Å². The lowest BCUT2D eigenvalue weighted by atomic mass is 10.2. The van der Waals surface area contributed by atoms with E-state index in [-0.39, 0.29) is 0 Å². The van der Waals surface area contributed by atoms with Crippen LogP contribution < -0.4 is 5.43 Å². The van der Waals surface area contributed by atoms with Crippen LogP contribution in [0.5, 0.6) is 0 Å². The molecule has 18 heavy (non-hydrogen) atoms. The molecule has 0 bridgehead atoms. The highest BCUT2D eigenvalue weighted by Crippen LogP contribution is 2.15. The van der Waals surface area contributed by atoms with Crippen molar-refractivity contribution in [3.05, 3.63) is 65.2 Å². The first-order valence-corrected chi connectivity index (χ1v) is 5.86. The molecule has 0 saturated carbocycles. The number of nitrogens with zero attached hydrogens (tertiary/aromatic N) is 1. The van der Waals surface area contributed by atoms with E-state index in [1.54, 1.807) is 13.2 Å². The first-order chi connectivity index (χ1) is 8.79. The molecule has 0 aromatic heterocycles. The minimum Gasteiger partial charge on any atom is -0.480 e. The monoisotopic (exact) mass is 260 g/mol. The van der Waals surface area contributed by atoms with Gasteiger partial charge in [-0.2, -0.15) is 0 Å². The van der Waals surface area contributed by atoms with Crippen LogP contribution in [0.25, 0.3) is 0 Å². The number of anilines is 1.